The molecule has 3 heteroatoms. The third kappa shape index (κ3) is 4.30. The van der Waals surface area contributed by atoms with Crippen molar-refractivity contribution in [3.05, 3.63) is 34.3 Å². The van der Waals surface area contributed by atoms with E-state index in [9.17, 15) is 0 Å². The van der Waals surface area contributed by atoms with Gasteiger partial charge in [0.25, 0.3) is 0 Å². The van der Waals surface area contributed by atoms with Gasteiger partial charge in [-0.25, -0.2) is 0 Å². The fraction of sp³-hybridized carbons (Fsp3) is 0.625. The van der Waals surface area contributed by atoms with Gasteiger partial charge in [0.1, 0.15) is 0 Å². The van der Waals surface area contributed by atoms with Crippen LogP contribution in [0, 0.1) is 0 Å². The highest BCUT2D eigenvalue weighted by Crippen LogP contribution is 2.32. The molecule has 1 saturated carbocycles. The number of hydrogen-bond acceptors (Lipinski definition) is 2. The molecule has 19 heavy (non-hydrogen) atoms. The first-order valence-corrected chi connectivity index (χ1v) is 8.13. The number of halogens is 1. The van der Waals surface area contributed by atoms with Crippen LogP contribution in [0.5, 0.6) is 0 Å². The molecule has 2 nitrogen and oxygen atoms in total. The second-order valence-corrected chi connectivity index (χ2v) is 6.26. The van der Waals surface area contributed by atoms with Crippen molar-refractivity contribution in [3.8, 4) is 0 Å². The fourth-order valence-electron chi connectivity index (χ4n) is 2.77. The van der Waals surface area contributed by atoms with Gasteiger partial charge in [0, 0.05) is 11.0 Å². The second kappa shape index (κ2) is 7.41. The molecule has 0 saturated heterocycles. The minimum absolute atomic E-state index is 0.0452. The predicted octanol–water partition coefficient (Wildman–Crippen LogP) is 4.28. The van der Waals surface area contributed by atoms with Crippen molar-refractivity contribution in [2.75, 3.05) is 13.1 Å². The highest BCUT2D eigenvalue weighted by atomic mass is 79.9. The third-order valence-corrected chi connectivity index (χ3v) is 4.73. The van der Waals surface area contributed by atoms with Crippen LogP contribution in [0.2, 0.25) is 0 Å². The Balaban J connectivity index is 1.98. The Morgan fingerprint density at radius 3 is 2.63 bits per heavy atom. The molecular formula is C16H24BrNO. The molecule has 1 aliphatic carbocycles. The van der Waals surface area contributed by atoms with E-state index in [1.165, 1.54) is 37.7 Å². The quantitative estimate of drug-likeness (QED) is 0.842. The summed E-state index contributed by atoms with van der Waals surface area (Å²) in [4.78, 5) is 0. The molecule has 0 heterocycles. The summed E-state index contributed by atoms with van der Waals surface area (Å²) in [6.07, 6.45) is 6.31. The number of hydrogen-bond donors (Lipinski definition) is 1. The molecule has 0 radical (unpaired) electrons. The maximum atomic E-state index is 6.35. The zero-order valence-corrected chi connectivity index (χ0v) is 13.3. The van der Waals surface area contributed by atoms with Crippen LogP contribution in [0.1, 0.15) is 44.6 Å². The summed E-state index contributed by atoms with van der Waals surface area (Å²) >= 11 is 3.60. The third-order valence-electron chi connectivity index (χ3n) is 3.95. The fourth-order valence-corrected chi connectivity index (χ4v) is 3.17. The van der Waals surface area contributed by atoms with Crippen molar-refractivity contribution < 1.29 is 4.74 Å². The van der Waals surface area contributed by atoms with Crippen molar-refractivity contribution in [1.82, 2.24) is 5.32 Å². The van der Waals surface area contributed by atoms with Gasteiger partial charge in [-0.2, -0.15) is 0 Å². The molecule has 0 amide bonds. The molecule has 1 N–H and O–H groups in total. The Bertz CT molecular complexity index is 388. The normalized spacial score (nSPS) is 18.4. The highest BCUT2D eigenvalue weighted by Gasteiger charge is 2.32. The van der Waals surface area contributed by atoms with E-state index in [1.54, 1.807) is 0 Å². The molecule has 1 aromatic rings. The topological polar surface area (TPSA) is 21.3 Å². The van der Waals surface area contributed by atoms with Gasteiger partial charge in [0.05, 0.1) is 12.2 Å². The van der Waals surface area contributed by atoms with E-state index in [0.717, 1.165) is 17.6 Å². The summed E-state index contributed by atoms with van der Waals surface area (Å²) in [7, 11) is 0. The second-order valence-electron chi connectivity index (χ2n) is 5.40. The van der Waals surface area contributed by atoms with Crippen LogP contribution in [0.15, 0.2) is 28.7 Å². The van der Waals surface area contributed by atoms with Crippen molar-refractivity contribution in [1.29, 1.82) is 0 Å². The summed E-state index contributed by atoms with van der Waals surface area (Å²) in [6, 6.07) is 8.33. The predicted molar refractivity (Wildman–Crippen MR) is 83.3 cm³/mol. The van der Waals surface area contributed by atoms with Gasteiger partial charge in [-0.05, 0) is 31.0 Å². The van der Waals surface area contributed by atoms with E-state index in [2.05, 4.69) is 46.4 Å². The highest BCUT2D eigenvalue weighted by molar-refractivity contribution is 9.10. The van der Waals surface area contributed by atoms with Crippen LogP contribution in [0.4, 0.5) is 0 Å². The Morgan fingerprint density at radius 1 is 1.21 bits per heavy atom. The number of likely N-dealkylation sites (N-methyl/N-ethyl adjacent to an activating group) is 1. The zero-order chi connectivity index (χ0) is 13.6. The maximum Gasteiger partial charge on any atom is 0.0810 e. The van der Waals surface area contributed by atoms with Crippen LogP contribution in [0.3, 0.4) is 0 Å². The molecule has 1 aliphatic rings. The molecule has 0 atom stereocenters. The standard InChI is InChI=1S/C16H24BrNO/c1-2-18-13-16(10-6-3-7-11-16)19-12-14-8-4-5-9-15(14)17/h4-5,8-9,18H,2-3,6-7,10-13H2,1H3. The minimum Gasteiger partial charge on any atom is -0.369 e. The molecule has 1 aromatic carbocycles. The average Bonchev–Trinajstić information content (AvgIpc) is 2.46. The van der Waals surface area contributed by atoms with E-state index in [0.29, 0.717) is 6.61 Å². The van der Waals surface area contributed by atoms with Gasteiger partial charge in [0.15, 0.2) is 0 Å². The van der Waals surface area contributed by atoms with E-state index in [-0.39, 0.29) is 5.60 Å². The number of ether oxygens (including phenoxy) is 1. The van der Waals surface area contributed by atoms with Crippen molar-refractivity contribution in [3.63, 3.8) is 0 Å². The molecule has 0 aliphatic heterocycles. The lowest BCUT2D eigenvalue weighted by Crippen LogP contribution is -2.44. The van der Waals surface area contributed by atoms with Gasteiger partial charge in [-0.15, -0.1) is 0 Å². The first kappa shape index (κ1) is 15.0. The Labute approximate surface area is 125 Å². The summed E-state index contributed by atoms with van der Waals surface area (Å²) in [5, 5.41) is 3.47. The molecule has 0 spiro atoms. The number of benzene rings is 1. The van der Waals surface area contributed by atoms with Gasteiger partial charge < -0.3 is 10.1 Å². The lowest BCUT2D eigenvalue weighted by Gasteiger charge is -2.37. The van der Waals surface area contributed by atoms with Crippen LogP contribution in [0.25, 0.3) is 0 Å². The first-order valence-electron chi connectivity index (χ1n) is 7.34. The van der Waals surface area contributed by atoms with Crippen molar-refractivity contribution >= 4 is 15.9 Å². The van der Waals surface area contributed by atoms with Gasteiger partial charge in [-0.3, -0.25) is 0 Å². The van der Waals surface area contributed by atoms with Crippen LogP contribution in [-0.2, 0) is 11.3 Å². The summed E-state index contributed by atoms with van der Waals surface area (Å²) in [5.41, 5.74) is 1.28. The molecule has 2 rings (SSSR count). The van der Waals surface area contributed by atoms with Crippen LogP contribution >= 0.6 is 15.9 Å². The maximum absolute atomic E-state index is 6.35. The zero-order valence-electron chi connectivity index (χ0n) is 11.8. The van der Waals surface area contributed by atoms with Crippen molar-refractivity contribution in [2.45, 2.75) is 51.2 Å². The Kier molecular flexibility index (Phi) is 5.86. The number of nitrogens with one attached hydrogen (secondary N) is 1. The Morgan fingerprint density at radius 2 is 1.95 bits per heavy atom. The van der Waals surface area contributed by atoms with E-state index in [4.69, 9.17) is 4.74 Å². The molecular weight excluding hydrogens is 302 g/mol. The van der Waals surface area contributed by atoms with Crippen LogP contribution in [-0.4, -0.2) is 18.7 Å². The Hall–Kier alpha value is -0.380. The lowest BCUT2D eigenvalue weighted by atomic mass is 9.84. The molecule has 0 unspecified atom stereocenters. The van der Waals surface area contributed by atoms with Gasteiger partial charge in [0.2, 0.25) is 0 Å². The van der Waals surface area contributed by atoms with Gasteiger partial charge >= 0.3 is 0 Å². The van der Waals surface area contributed by atoms with Crippen molar-refractivity contribution in [2.24, 2.45) is 0 Å². The lowest BCUT2D eigenvalue weighted by molar-refractivity contribution is -0.0784. The average molecular weight is 326 g/mol. The minimum atomic E-state index is 0.0452. The van der Waals surface area contributed by atoms with E-state index >= 15 is 0 Å². The molecule has 1 fully saturated rings. The first-order chi connectivity index (χ1) is 9.26. The summed E-state index contributed by atoms with van der Waals surface area (Å²) in [6.45, 7) is 4.85. The monoisotopic (exact) mass is 325 g/mol. The molecule has 106 valence electrons. The SMILES string of the molecule is CCNCC1(OCc2ccccc2Br)CCCCC1. The number of rotatable bonds is 6. The largest absolute Gasteiger partial charge is 0.369 e. The van der Waals surface area contributed by atoms with E-state index < -0.39 is 0 Å². The smallest absolute Gasteiger partial charge is 0.0810 e. The molecule has 0 bridgehead atoms. The van der Waals surface area contributed by atoms with Gasteiger partial charge in [-0.1, -0.05) is 60.3 Å². The summed E-state index contributed by atoms with van der Waals surface area (Å²) < 4.78 is 7.49. The van der Waals surface area contributed by atoms with E-state index in [1.807, 2.05) is 6.07 Å². The summed E-state index contributed by atoms with van der Waals surface area (Å²) in [5.74, 6) is 0. The van der Waals surface area contributed by atoms with Crippen LogP contribution < -0.4 is 5.32 Å². The molecule has 0 aromatic heterocycles.